The molecule has 5 rings (SSSR count). The smallest absolute Gasteiger partial charge is 0.0465 e. The maximum atomic E-state index is 6.11. The Balaban J connectivity index is 1.73. The van der Waals surface area contributed by atoms with E-state index in [0.29, 0.717) is 0 Å². The lowest BCUT2D eigenvalue weighted by Crippen LogP contribution is -2.22. The molecule has 3 aromatic rings. The molecule has 2 N–H and O–H groups in total. The van der Waals surface area contributed by atoms with Crippen molar-refractivity contribution in [3.8, 4) is 0 Å². The number of rotatable bonds is 0. The Morgan fingerprint density at radius 2 is 1.00 bits per heavy atom. The summed E-state index contributed by atoms with van der Waals surface area (Å²) < 4.78 is 0. The first kappa shape index (κ1) is 14.0. The summed E-state index contributed by atoms with van der Waals surface area (Å²) in [5.41, 5.74) is 6.51. The van der Waals surface area contributed by atoms with Gasteiger partial charge in [0.1, 0.15) is 0 Å². The Hall–Kier alpha value is -2.42. The first-order valence-electron chi connectivity index (χ1n) is 7.66. The molecule has 0 fully saturated rings. The summed E-state index contributed by atoms with van der Waals surface area (Å²) in [5.74, 6) is 0. The molecule has 0 aliphatic carbocycles. The average Bonchev–Trinajstić information content (AvgIpc) is 2.56. The second kappa shape index (κ2) is 5.04. The average molecular weight is 351 g/mol. The number of anilines is 4. The van der Waals surface area contributed by atoms with Gasteiger partial charge in [0.25, 0.3) is 0 Å². The van der Waals surface area contributed by atoms with Crippen LogP contribution in [0.2, 0.25) is 10.0 Å². The fourth-order valence-electron chi connectivity index (χ4n) is 3.25. The number of hydrogen-bond acceptors (Lipinski definition) is 2. The molecule has 2 aliphatic rings. The summed E-state index contributed by atoms with van der Waals surface area (Å²) in [6.07, 6.45) is 4.32. The molecule has 116 valence electrons. The first-order valence-corrected chi connectivity index (χ1v) is 8.42. The van der Waals surface area contributed by atoms with Gasteiger partial charge in [-0.15, -0.1) is 0 Å². The minimum Gasteiger partial charge on any atom is -0.355 e. The Kier molecular flexibility index (Phi) is 2.93. The zero-order valence-corrected chi connectivity index (χ0v) is 14.0. The molecule has 2 nitrogen and oxygen atoms in total. The molecule has 0 saturated heterocycles. The first-order chi connectivity index (χ1) is 11.7. The van der Waals surface area contributed by atoms with Crippen LogP contribution in [0.25, 0.3) is 12.2 Å². The molecule has 0 saturated carbocycles. The molecule has 4 heteroatoms. The molecule has 0 bridgehead atoms. The molecule has 2 heterocycles. The van der Waals surface area contributed by atoms with Gasteiger partial charge < -0.3 is 10.6 Å². The van der Waals surface area contributed by atoms with Crippen LogP contribution in [0.15, 0.2) is 48.5 Å². The summed E-state index contributed by atoms with van der Waals surface area (Å²) in [4.78, 5) is 0. The third-order valence-electron chi connectivity index (χ3n) is 4.41. The molecule has 24 heavy (non-hydrogen) atoms. The lowest BCUT2D eigenvalue weighted by atomic mass is 10.0. The molecule has 0 atom stereocenters. The van der Waals surface area contributed by atoms with Crippen molar-refractivity contribution in [3.63, 3.8) is 0 Å². The Bertz CT molecular complexity index is 1040. The van der Waals surface area contributed by atoms with Crippen molar-refractivity contribution >= 4 is 58.1 Å². The van der Waals surface area contributed by atoms with Crippen LogP contribution in [-0.4, -0.2) is 0 Å². The second-order valence-electron chi connectivity index (χ2n) is 6.03. The number of benzene rings is 3. The molecule has 0 radical (unpaired) electrons. The minimum atomic E-state index is 0.741. The van der Waals surface area contributed by atoms with Crippen molar-refractivity contribution in [1.82, 2.24) is 0 Å². The van der Waals surface area contributed by atoms with Crippen LogP contribution in [0.4, 0.5) is 22.7 Å². The van der Waals surface area contributed by atoms with Crippen LogP contribution in [0.3, 0.4) is 0 Å². The van der Waals surface area contributed by atoms with Crippen LogP contribution in [-0.2, 0) is 0 Å². The van der Waals surface area contributed by atoms with Crippen LogP contribution in [0.5, 0.6) is 0 Å². The minimum absolute atomic E-state index is 0.741. The topological polar surface area (TPSA) is 24.1 Å². The lowest BCUT2D eigenvalue weighted by molar-refractivity contribution is 1.39. The Morgan fingerprint density at radius 3 is 1.46 bits per heavy atom. The third kappa shape index (κ3) is 2.19. The lowest BCUT2D eigenvalue weighted by Gasteiger charge is -2.20. The number of halogens is 2. The number of hydrogen-bond donors (Lipinski definition) is 2. The van der Waals surface area contributed by atoms with Crippen molar-refractivity contribution < 1.29 is 0 Å². The Labute approximate surface area is 149 Å². The van der Waals surface area contributed by atoms with E-state index < -0.39 is 0 Å². The molecule has 0 amide bonds. The summed E-state index contributed by atoms with van der Waals surface area (Å²) in [6.45, 7) is 0. The van der Waals surface area contributed by atoms with E-state index in [1.54, 1.807) is 0 Å². The molecule has 0 aromatic heterocycles. The number of nitrogens with one attached hydrogen (secondary N) is 2. The fourth-order valence-corrected chi connectivity index (χ4v) is 3.61. The maximum absolute atomic E-state index is 6.11. The highest BCUT2D eigenvalue weighted by molar-refractivity contribution is 6.31. The molecule has 2 aliphatic heterocycles. The SMILES string of the molecule is Clc1ccc2c(c1)C=c1cc3c(cc1N2)=Cc1cc(Cl)ccc1N3. The quantitative estimate of drug-likeness (QED) is 0.420. The van der Waals surface area contributed by atoms with E-state index in [1.165, 1.54) is 0 Å². The normalized spacial score (nSPS) is 13.1. The second-order valence-corrected chi connectivity index (χ2v) is 6.90. The van der Waals surface area contributed by atoms with Crippen molar-refractivity contribution in [2.24, 2.45) is 0 Å². The fraction of sp³-hybridized carbons (Fsp3) is 0. The maximum Gasteiger partial charge on any atom is 0.0465 e. The Morgan fingerprint density at radius 1 is 0.542 bits per heavy atom. The van der Waals surface area contributed by atoms with Gasteiger partial charge in [-0.25, -0.2) is 0 Å². The summed E-state index contributed by atoms with van der Waals surface area (Å²) in [6, 6.07) is 16.1. The highest BCUT2D eigenvalue weighted by atomic mass is 35.5. The largest absolute Gasteiger partial charge is 0.355 e. The summed E-state index contributed by atoms with van der Waals surface area (Å²) >= 11 is 12.2. The van der Waals surface area contributed by atoms with Crippen LogP contribution >= 0.6 is 23.2 Å². The monoisotopic (exact) mass is 350 g/mol. The highest BCUT2D eigenvalue weighted by Gasteiger charge is 2.14. The molecule has 0 unspecified atom stereocenters. The molecule has 0 spiro atoms. The van der Waals surface area contributed by atoms with Gasteiger partial charge in [0, 0.05) is 54.4 Å². The van der Waals surface area contributed by atoms with E-state index in [1.807, 2.05) is 36.4 Å². The standard InChI is InChI=1S/C20H12Cl2N2/c21-15-1-3-17-11(7-15)5-13-10-20-14(9-19(13)23-17)6-12-8-16(22)2-4-18(12)24-20/h1-10,23-24H. The van der Waals surface area contributed by atoms with Gasteiger partial charge in [-0.2, -0.15) is 0 Å². The predicted octanol–water partition coefficient (Wildman–Crippen LogP) is 4.77. The van der Waals surface area contributed by atoms with Gasteiger partial charge in [-0.3, -0.25) is 0 Å². The van der Waals surface area contributed by atoms with E-state index in [-0.39, 0.29) is 0 Å². The van der Waals surface area contributed by atoms with E-state index in [0.717, 1.165) is 54.4 Å². The van der Waals surface area contributed by atoms with Crippen molar-refractivity contribution in [2.75, 3.05) is 10.6 Å². The van der Waals surface area contributed by atoms with Crippen molar-refractivity contribution in [3.05, 3.63) is 80.1 Å². The molecular weight excluding hydrogens is 339 g/mol. The summed E-state index contributed by atoms with van der Waals surface area (Å²) in [7, 11) is 0. The van der Waals surface area contributed by atoms with E-state index in [4.69, 9.17) is 23.2 Å². The highest BCUT2D eigenvalue weighted by Crippen LogP contribution is 2.29. The van der Waals surface area contributed by atoms with Crippen molar-refractivity contribution in [2.45, 2.75) is 0 Å². The molecular formula is C20H12Cl2N2. The zero-order valence-electron chi connectivity index (χ0n) is 12.5. The molecule has 3 aromatic carbocycles. The van der Waals surface area contributed by atoms with E-state index in [9.17, 15) is 0 Å². The van der Waals surface area contributed by atoms with Crippen LogP contribution < -0.4 is 21.1 Å². The van der Waals surface area contributed by atoms with Gasteiger partial charge in [-0.1, -0.05) is 23.2 Å². The van der Waals surface area contributed by atoms with Crippen molar-refractivity contribution in [1.29, 1.82) is 0 Å². The summed E-state index contributed by atoms with van der Waals surface area (Å²) in [5, 5.41) is 10.7. The van der Waals surface area contributed by atoms with Crippen LogP contribution in [0.1, 0.15) is 11.1 Å². The number of fused-ring (bicyclic) bond motifs is 4. The predicted molar refractivity (Wildman–Crippen MR) is 102 cm³/mol. The van der Waals surface area contributed by atoms with Gasteiger partial charge in [0.2, 0.25) is 0 Å². The van der Waals surface area contributed by atoms with Gasteiger partial charge in [0.15, 0.2) is 0 Å². The van der Waals surface area contributed by atoms with Gasteiger partial charge in [0.05, 0.1) is 0 Å². The van der Waals surface area contributed by atoms with Gasteiger partial charge in [-0.05, 0) is 60.7 Å². The third-order valence-corrected chi connectivity index (χ3v) is 4.88. The van der Waals surface area contributed by atoms with E-state index in [2.05, 4.69) is 34.9 Å². The van der Waals surface area contributed by atoms with Gasteiger partial charge >= 0.3 is 0 Å². The van der Waals surface area contributed by atoms with E-state index >= 15 is 0 Å². The van der Waals surface area contributed by atoms with Crippen LogP contribution in [0, 0.1) is 0 Å². The zero-order chi connectivity index (χ0) is 16.3.